The first kappa shape index (κ1) is 18.3. The molecule has 4 nitrogen and oxygen atoms in total. The van der Waals surface area contributed by atoms with Crippen LogP contribution in [-0.4, -0.2) is 28.3 Å². The average Bonchev–Trinajstić information content (AvgIpc) is 3.12. The Morgan fingerprint density at radius 1 is 1.12 bits per heavy atom. The van der Waals surface area contributed by atoms with E-state index in [0.29, 0.717) is 10.7 Å². The number of Topliss-reactive ketones (excluding diaryl/α,β-unsaturated/α-hetero) is 1. The van der Waals surface area contributed by atoms with Gasteiger partial charge in [0.1, 0.15) is 5.82 Å². The van der Waals surface area contributed by atoms with Crippen molar-refractivity contribution in [3.8, 4) is 0 Å². The summed E-state index contributed by atoms with van der Waals surface area (Å²) in [6.07, 6.45) is 4.14. The van der Waals surface area contributed by atoms with Crippen molar-refractivity contribution in [1.29, 1.82) is 0 Å². The van der Waals surface area contributed by atoms with Crippen molar-refractivity contribution in [1.82, 2.24) is 10.2 Å². The maximum absolute atomic E-state index is 12.9. The first-order valence-corrected chi connectivity index (χ1v) is 9.71. The molecule has 0 unspecified atom stereocenters. The molecule has 1 N–H and O–H groups in total. The maximum Gasteiger partial charge on any atom is 0.206 e. The van der Waals surface area contributed by atoms with Gasteiger partial charge in [0.2, 0.25) is 5.13 Å². The van der Waals surface area contributed by atoms with Gasteiger partial charge in [-0.2, -0.15) is 0 Å². The number of aromatic nitrogens is 2. The number of benzene rings is 2. The zero-order valence-electron chi connectivity index (χ0n) is 13.8. The van der Waals surface area contributed by atoms with Gasteiger partial charge in [-0.3, -0.25) is 4.79 Å². The summed E-state index contributed by atoms with van der Waals surface area (Å²) in [5.74, 6) is 0.305. The van der Waals surface area contributed by atoms with Gasteiger partial charge in [0.25, 0.3) is 0 Å². The number of carbonyl (C=O) groups is 1. The molecule has 2 aromatic carbocycles. The molecule has 3 rings (SSSR count). The molecule has 132 valence electrons. The highest BCUT2D eigenvalue weighted by atomic mass is 32.2. The molecule has 0 bridgehead atoms. The number of thioether (sulfide) groups is 1. The van der Waals surface area contributed by atoms with E-state index in [9.17, 15) is 9.18 Å². The van der Waals surface area contributed by atoms with E-state index in [0.717, 1.165) is 15.7 Å². The van der Waals surface area contributed by atoms with Crippen LogP contribution < -0.4 is 5.32 Å². The number of nitrogens with one attached hydrogen (secondary N) is 1. The van der Waals surface area contributed by atoms with Crippen molar-refractivity contribution < 1.29 is 9.18 Å². The molecule has 0 spiro atoms. The van der Waals surface area contributed by atoms with Crippen LogP contribution in [0.5, 0.6) is 0 Å². The number of hydrogen-bond acceptors (Lipinski definition) is 6. The fourth-order valence-corrected chi connectivity index (χ4v) is 3.68. The average molecular weight is 385 g/mol. The largest absolute Gasteiger partial charge is 0.353 e. The molecule has 0 amide bonds. The van der Waals surface area contributed by atoms with E-state index >= 15 is 0 Å². The summed E-state index contributed by atoms with van der Waals surface area (Å²) in [5, 5.41) is 11.7. The van der Waals surface area contributed by atoms with Gasteiger partial charge < -0.3 is 5.32 Å². The summed E-state index contributed by atoms with van der Waals surface area (Å²) >= 11 is 2.99. The van der Waals surface area contributed by atoms with Gasteiger partial charge in [0, 0.05) is 11.3 Å². The number of ketones is 1. The molecule has 0 aliphatic carbocycles. The summed E-state index contributed by atoms with van der Waals surface area (Å²) in [6, 6.07) is 15.6. The predicted octanol–water partition coefficient (Wildman–Crippen LogP) is 4.78. The fraction of sp³-hybridized carbons (Fsp3) is 0.105. The normalized spacial score (nSPS) is 11.0. The summed E-state index contributed by atoms with van der Waals surface area (Å²) in [6.45, 7) is 0.0961. The lowest BCUT2D eigenvalue weighted by Crippen LogP contribution is -2.13. The first-order valence-electron chi connectivity index (χ1n) is 7.91. The quantitative estimate of drug-likeness (QED) is 0.447. The van der Waals surface area contributed by atoms with Crippen molar-refractivity contribution in [3.63, 3.8) is 0 Å². The molecule has 0 atom stereocenters. The van der Waals surface area contributed by atoms with Gasteiger partial charge in [0.15, 0.2) is 10.1 Å². The Balaban J connectivity index is 1.45. The number of halogens is 1. The molecule has 1 aromatic heterocycles. The van der Waals surface area contributed by atoms with Gasteiger partial charge in [-0.05, 0) is 29.8 Å². The SMILES string of the molecule is O=C(CNc1nnc(SC/C=C/c2ccccc2)s1)c1ccc(F)cc1. The maximum atomic E-state index is 12.9. The van der Waals surface area contributed by atoms with Crippen LogP contribution in [0.1, 0.15) is 15.9 Å². The number of carbonyl (C=O) groups excluding carboxylic acids is 1. The molecule has 0 radical (unpaired) electrons. The van der Waals surface area contributed by atoms with Crippen LogP contribution in [0, 0.1) is 5.82 Å². The monoisotopic (exact) mass is 385 g/mol. The summed E-state index contributed by atoms with van der Waals surface area (Å²) < 4.78 is 13.7. The number of hydrogen-bond donors (Lipinski definition) is 1. The third-order valence-corrected chi connectivity index (χ3v) is 5.35. The van der Waals surface area contributed by atoms with Crippen molar-refractivity contribution in [2.45, 2.75) is 4.34 Å². The molecule has 0 fully saturated rings. The minimum Gasteiger partial charge on any atom is -0.353 e. The van der Waals surface area contributed by atoms with Gasteiger partial charge in [-0.15, -0.1) is 10.2 Å². The summed E-state index contributed by atoms with van der Waals surface area (Å²) in [5.41, 5.74) is 1.62. The van der Waals surface area contributed by atoms with E-state index in [1.807, 2.05) is 30.3 Å². The molecule has 0 saturated carbocycles. The van der Waals surface area contributed by atoms with Crippen molar-refractivity contribution in [2.24, 2.45) is 0 Å². The summed E-state index contributed by atoms with van der Waals surface area (Å²) in [7, 11) is 0. The van der Waals surface area contributed by atoms with Crippen LogP contribution in [0.15, 0.2) is 65.0 Å². The van der Waals surface area contributed by atoms with Crippen LogP contribution in [-0.2, 0) is 0 Å². The standard InChI is InChI=1S/C19H16FN3OS2/c20-16-10-8-15(9-11-16)17(24)13-21-18-22-23-19(26-18)25-12-4-7-14-5-2-1-3-6-14/h1-11H,12-13H2,(H,21,22)/b7-4+. The highest BCUT2D eigenvalue weighted by Crippen LogP contribution is 2.25. The van der Waals surface area contributed by atoms with Crippen molar-refractivity contribution in [3.05, 3.63) is 77.6 Å². The van der Waals surface area contributed by atoms with Gasteiger partial charge >= 0.3 is 0 Å². The molecule has 7 heteroatoms. The molecule has 0 aliphatic heterocycles. The Bertz CT molecular complexity index is 879. The third-order valence-electron chi connectivity index (χ3n) is 3.39. The third kappa shape index (κ3) is 5.50. The lowest BCUT2D eigenvalue weighted by molar-refractivity contribution is 0.101. The number of rotatable bonds is 8. The number of anilines is 1. The van der Waals surface area contributed by atoms with Gasteiger partial charge in [0.05, 0.1) is 6.54 Å². The Hall–Kier alpha value is -2.51. The molecule has 0 saturated heterocycles. The van der Waals surface area contributed by atoms with E-state index in [4.69, 9.17) is 0 Å². The Morgan fingerprint density at radius 3 is 2.65 bits per heavy atom. The highest BCUT2D eigenvalue weighted by Gasteiger charge is 2.08. The second-order valence-electron chi connectivity index (χ2n) is 5.28. The van der Waals surface area contributed by atoms with Crippen LogP contribution in [0.3, 0.4) is 0 Å². The van der Waals surface area contributed by atoms with Crippen LogP contribution in [0.2, 0.25) is 0 Å². The second-order valence-corrected chi connectivity index (χ2v) is 7.53. The lowest BCUT2D eigenvalue weighted by Gasteiger charge is -2.01. The van der Waals surface area contributed by atoms with Crippen LogP contribution >= 0.6 is 23.1 Å². The van der Waals surface area contributed by atoms with E-state index in [1.54, 1.807) is 11.8 Å². The predicted molar refractivity (Wildman–Crippen MR) is 105 cm³/mol. The van der Waals surface area contributed by atoms with E-state index in [2.05, 4.69) is 27.7 Å². The van der Waals surface area contributed by atoms with E-state index in [1.165, 1.54) is 35.6 Å². The smallest absolute Gasteiger partial charge is 0.206 e. The topological polar surface area (TPSA) is 54.9 Å². The van der Waals surface area contributed by atoms with Crippen molar-refractivity contribution >= 4 is 40.1 Å². The molecule has 26 heavy (non-hydrogen) atoms. The van der Waals surface area contributed by atoms with Crippen molar-refractivity contribution in [2.75, 3.05) is 17.6 Å². The fourth-order valence-electron chi connectivity index (χ4n) is 2.10. The minimum absolute atomic E-state index is 0.0961. The van der Waals surface area contributed by atoms with Gasteiger partial charge in [-0.25, -0.2) is 4.39 Å². The van der Waals surface area contributed by atoms with Crippen LogP contribution in [0.25, 0.3) is 6.08 Å². The molecule has 3 aromatic rings. The molecule has 0 aliphatic rings. The number of nitrogens with zero attached hydrogens (tertiary/aromatic N) is 2. The van der Waals surface area contributed by atoms with E-state index < -0.39 is 0 Å². The Morgan fingerprint density at radius 2 is 1.88 bits per heavy atom. The zero-order chi connectivity index (χ0) is 18.2. The van der Waals surface area contributed by atoms with Crippen LogP contribution in [0.4, 0.5) is 9.52 Å². The Labute approximate surface area is 159 Å². The van der Waals surface area contributed by atoms with Gasteiger partial charge in [-0.1, -0.05) is 65.6 Å². The lowest BCUT2D eigenvalue weighted by atomic mass is 10.1. The molecular formula is C19H16FN3OS2. The zero-order valence-corrected chi connectivity index (χ0v) is 15.4. The highest BCUT2D eigenvalue weighted by molar-refractivity contribution is 8.01. The molecular weight excluding hydrogens is 369 g/mol. The molecule has 1 heterocycles. The first-order chi connectivity index (χ1) is 12.7. The Kier molecular flexibility index (Phi) is 6.51. The van der Waals surface area contributed by atoms with E-state index in [-0.39, 0.29) is 18.1 Å². The summed E-state index contributed by atoms with van der Waals surface area (Å²) in [4.78, 5) is 12.0. The minimum atomic E-state index is -0.360. The second kappa shape index (κ2) is 9.26.